The summed E-state index contributed by atoms with van der Waals surface area (Å²) >= 11 is 0. The minimum absolute atomic E-state index is 0.0465. The number of aromatic nitrogens is 4. The topological polar surface area (TPSA) is 89.8 Å². The Morgan fingerprint density at radius 2 is 2.10 bits per heavy atom. The van der Waals surface area contributed by atoms with Crippen molar-refractivity contribution in [2.45, 2.75) is 39.2 Å². The number of aliphatic hydroxyl groups is 1. The summed E-state index contributed by atoms with van der Waals surface area (Å²) in [6, 6.07) is 0. The maximum atomic E-state index is 9.62. The smallest absolute Gasteiger partial charge is 0.165 e. The summed E-state index contributed by atoms with van der Waals surface area (Å²) in [6.07, 6.45) is 5.27. The molecular weight excluding hydrogens is 254 g/mol. The molecular formula is C14H21N5O. The van der Waals surface area contributed by atoms with Crippen molar-refractivity contribution in [3.8, 4) is 0 Å². The second-order valence-corrected chi connectivity index (χ2v) is 6.46. The van der Waals surface area contributed by atoms with Gasteiger partial charge in [0.05, 0.1) is 11.9 Å². The lowest BCUT2D eigenvalue weighted by Gasteiger charge is -2.42. The maximum Gasteiger partial charge on any atom is 0.165 e. The van der Waals surface area contributed by atoms with Gasteiger partial charge in [-0.15, -0.1) is 0 Å². The number of imidazole rings is 1. The number of nitrogen functional groups attached to an aromatic ring is 1. The van der Waals surface area contributed by atoms with Crippen LogP contribution in [0.15, 0.2) is 12.7 Å². The van der Waals surface area contributed by atoms with Crippen molar-refractivity contribution in [2.24, 2.45) is 11.3 Å². The fraction of sp³-hybridized carbons (Fsp3) is 0.643. The molecule has 0 bridgehead atoms. The normalized spacial score (nSPS) is 29.1. The molecule has 0 spiro atoms. The lowest BCUT2D eigenvalue weighted by molar-refractivity contribution is 0.0649. The second-order valence-electron chi connectivity index (χ2n) is 6.46. The number of rotatable bonds is 2. The lowest BCUT2D eigenvalue weighted by atomic mass is 9.71. The summed E-state index contributed by atoms with van der Waals surface area (Å²) < 4.78 is 2.11. The van der Waals surface area contributed by atoms with E-state index in [4.69, 9.17) is 5.73 Å². The molecule has 6 nitrogen and oxygen atoms in total. The van der Waals surface area contributed by atoms with Crippen LogP contribution in [-0.2, 0) is 5.54 Å². The van der Waals surface area contributed by atoms with Gasteiger partial charge in [0, 0.05) is 6.61 Å². The second kappa shape index (κ2) is 4.15. The molecule has 1 fully saturated rings. The van der Waals surface area contributed by atoms with Gasteiger partial charge in [-0.2, -0.15) is 0 Å². The van der Waals surface area contributed by atoms with Crippen molar-refractivity contribution in [1.82, 2.24) is 19.5 Å². The fourth-order valence-corrected chi connectivity index (χ4v) is 3.54. The summed E-state index contributed by atoms with van der Waals surface area (Å²) in [5.41, 5.74) is 7.10. The van der Waals surface area contributed by atoms with Crippen LogP contribution in [-0.4, -0.2) is 31.2 Å². The van der Waals surface area contributed by atoms with E-state index in [1.807, 2.05) is 0 Å². The zero-order chi connectivity index (χ0) is 14.5. The molecule has 2 atom stereocenters. The van der Waals surface area contributed by atoms with Crippen LogP contribution in [0.4, 0.5) is 5.82 Å². The molecule has 0 radical (unpaired) electrons. The van der Waals surface area contributed by atoms with Crippen LogP contribution in [0.2, 0.25) is 0 Å². The third kappa shape index (κ3) is 1.51. The number of nitrogens with two attached hydrogens (primary N) is 1. The highest BCUT2D eigenvalue weighted by Gasteiger charge is 2.52. The SMILES string of the molecule is CC1(C)[C@@H](CO)CC[C@@]1(C)n1cnc2c(N)ncnc21. The van der Waals surface area contributed by atoms with Crippen molar-refractivity contribution in [2.75, 3.05) is 12.3 Å². The Bertz CT molecular complexity index is 650. The Morgan fingerprint density at radius 3 is 2.75 bits per heavy atom. The van der Waals surface area contributed by atoms with Gasteiger partial charge in [-0.3, -0.25) is 0 Å². The van der Waals surface area contributed by atoms with E-state index < -0.39 is 0 Å². The van der Waals surface area contributed by atoms with E-state index in [1.165, 1.54) is 6.33 Å². The molecule has 0 aromatic carbocycles. The molecule has 3 N–H and O–H groups in total. The molecule has 0 unspecified atom stereocenters. The van der Waals surface area contributed by atoms with Crippen molar-refractivity contribution in [1.29, 1.82) is 0 Å². The number of anilines is 1. The van der Waals surface area contributed by atoms with Crippen molar-refractivity contribution in [3.05, 3.63) is 12.7 Å². The van der Waals surface area contributed by atoms with Gasteiger partial charge in [0.1, 0.15) is 11.8 Å². The van der Waals surface area contributed by atoms with Crippen LogP contribution >= 0.6 is 0 Å². The molecule has 2 aromatic rings. The average Bonchev–Trinajstić information content (AvgIpc) is 2.92. The first-order chi connectivity index (χ1) is 9.41. The van der Waals surface area contributed by atoms with E-state index in [0.29, 0.717) is 11.3 Å². The molecule has 0 saturated heterocycles. The summed E-state index contributed by atoms with van der Waals surface area (Å²) in [7, 11) is 0. The van der Waals surface area contributed by atoms with Crippen LogP contribution in [0.5, 0.6) is 0 Å². The van der Waals surface area contributed by atoms with Crippen LogP contribution in [0.25, 0.3) is 11.2 Å². The van der Waals surface area contributed by atoms with Crippen LogP contribution in [0, 0.1) is 11.3 Å². The van der Waals surface area contributed by atoms with E-state index >= 15 is 0 Å². The third-order valence-electron chi connectivity index (χ3n) is 5.50. The van der Waals surface area contributed by atoms with Gasteiger partial charge >= 0.3 is 0 Å². The van der Waals surface area contributed by atoms with Gasteiger partial charge in [-0.25, -0.2) is 15.0 Å². The van der Waals surface area contributed by atoms with E-state index in [2.05, 4.69) is 40.3 Å². The summed E-state index contributed by atoms with van der Waals surface area (Å²) in [4.78, 5) is 12.7. The molecule has 20 heavy (non-hydrogen) atoms. The van der Waals surface area contributed by atoms with Crippen LogP contribution < -0.4 is 5.73 Å². The molecule has 0 aliphatic heterocycles. The van der Waals surface area contributed by atoms with E-state index in [9.17, 15) is 5.11 Å². The zero-order valence-corrected chi connectivity index (χ0v) is 12.2. The Balaban J connectivity index is 2.18. The van der Waals surface area contributed by atoms with Crippen LogP contribution in [0.3, 0.4) is 0 Å². The summed E-state index contributed by atoms with van der Waals surface area (Å²) in [5, 5.41) is 9.62. The minimum atomic E-state index is -0.143. The Morgan fingerprint density at radius 1 is 1.35 bits per heavy atom. The highest BCUT2D eigenvalue weighted by molar-refractivity contribution is 5.81. The molecule has 6 heteroatoms. The molecule has 1 aliphatic carbocycles. The number of nitrogens with zero attached hydrogens (tertiary/aromatic N) is 4. The maximum absolute atomic E-state index is 9.62. The summed E-state index contributed by atoms with van der Waals surface area (Å²) in [6.45, 7) is 6.84. The third-order valence-corrected chi connectivity index (χ3v) is 5.50. The van der Waals surface area contributed by atoms with Gasteiger partial charge in [0.2, 0.25) is 0 Å². The van der Waals surface area contributed by atoms with Crippen LogP contribution in [0.1, 0.15) is 33.6 Å². The molecule has 108 valence electrons. The van der Waals surface area contributed by atoms with E-state index in [1.54, 1.807) is 6.33 Å². The van der Waals surface area contributed by atoms with Crippen molar-refractivity contribution < 1.29 is 5.11 Å². The number of hydrogen-bond acceptors (Lipinski definition) is 5. The molecule has 0 amide bonds. The highest BCUT2D eigenvalue weighted by Crippen LogP contribution is 2.54. The molecule has 1 saturated carbocycles. The van der Waals surface area contributed by atoms with Gasteiger partial charge < -0.3 is 15.4 Å². The summed E-state index contributed by atoms with van der Waals surface area (Å²) in [5.74, 6) is 0.691. The Kier molecular flexibility index (Phi) is 2.76. The molecule has 3 rings (SSSR count). The van der Waals surface area contributed by atoms with Gasteiger partial charge in [-0.05, 0) is 31.1 Å². The van der Waals surface area contributed by atoms with Gasteiger partial charge in [-0.1, -0.05) is 13.8 Å². The molecule has 1 aliphatic rings. The van der Waals surface area contributed by atoms with Gasteiger partial charge in [0.25, 0.3) is 0 Å². The number of hydrogen-bond donors (Lipinski definition) is 2. The first-order valence-corrected chi connectivity index (χ1v) is 6.96. The van der Waals surface area contributed by atoms with Gasteiger partial charge in [0.15, 0.2) is 11.5 Å². The van der Waals surface area contributed by atoms with Crippen molar-refractivity contribution in [3.63, 3.8) is 0 Å². The highest BCUT2D eigenvalue weighted by atomic mass is 16.3. The van der Waals surface area contributed by atoms with Crippen molar-refractivity contribution >= 4 is 17.0 Å². The molecule has 2 heterocycles. The average molecular weight is 275 g/mol. The lowest BCUT2D eigenvalue weighted by Crippen LogP contribution is -2.43. The minimum Gasteiger partial charge on any atom is -0.396 e. The first-order valence-electron chi connectivity index (χ1n) is 6.96. The fourth-order valence-electron chi connectivity index (χ4n) is 3.54. The predicted octanol–water partition coefficient (Wildman–Crippen LogP) is 1.55. The monoisotopic (exact) mass is 275 g/mol. The number of fused-ring (bicyclic) bond motifs is 1. The Labute approximate surface area is 118 Å². The zero-order valence-electron chi connectivity index (χ0n) is 12.2. The standard InChI is InChI=1S/C14H21N5O/c1-13(2)9(6-20)4-5-14(13,3)19-8-18-10-11(15)16-7-17-12(10)19/h7-9,20H,4-6H2,1-3H3,(H2,15,16,17)/t9-,14-/m1/s1. The Hall–Kier alpha value is -1.69. The predicted molar refractivity (Wildman–Crippen MR) is 77.0 cm³/mol. The number of aliphatic hydroxyl groups excluding tert-OH is 1. The first kappa shape index (κ1) is 13.3. The quantitative estimate of drug-likeness (QED) is 0.868. The molecule has 2 aromatic heterocycles. The van der Waals surface area contributed by atoms with E-state index in [0.717, 1.165) is 18.5 Å². The van der Waals surface area contributed by atoms with E-state index in [-0.39, 0.29) is 23.5 Å². The largest absolute Gasteiger partial charge is 0.396 e.